The second-order valence-electron chi connectivity index (χ2n) is 6.04. The van der Waals surface area contributed by atoms with Gasteiger partial charge in [0.25, 0.3) is 5.91 Å². The van der Waals surface area contributed by atoms with E-state index in [0.717, 1.165) is 17.8 Å². The summed E-state index contributed by atoms with van der Waals surface area (Å²) in [6, 6.07) is 19.6. The van der Waals surface area contributed by atoms with E-state index in [1.54, 1.807) is 4.68 Å². The number of benzene rings is 2. The third-order valence-corrected chi connectivity index (χ3v) is 3.96. The Balaban J connectivity index is 0.00000261. The first kappa shape index (κ1) is 20.6. The number of nitrogens with one attached hydrogen (secondary N) is 2. The Morgan fingerprint density at radius 3 is 2.33 bits per heavy atom. The first-order chi connectivity index (χ1) is 12.7. The van der Waals surface area contributed by atoms with Crippen molar-refractivity contribution in [3.05, 3.63) is 66.5 Å². The minimum Gasteiger partial charge on any atom is -0.348 e. The van der Waals surface area contributed by atoms with E-state index in [0.29, 0.717) is 12.4 Å². The second kappa shape index (κ2) is 9.85. The number of carbonyl (C=O) groups is 1. The maximum atomic E-state index is 12.5. The van der Waals surface area contributed by atoms with E-state index >= 15 is 0 Å². The highest BCUT2D eigenvalue weighted by Gasteiger charge is 2.18. The summed E-state index contributed by atoms with van der Waals surface area (Å²) in [5.74, 6) is 0.528. The van der Waals surface area contributed by atoms with E-state index in [1.165, 1.54) is 0 Å². The zero-order valence-electron chi connectivity index (χ0n) is 15.4. The fourth-order valence-corrected chi connectivity index (χ4v) is 2.68. The SMILES string of the molecule is CCN[C@H](C)CNC(=O)c1nc(-c2ccccc2)n(-c2ccccc2)n1.Cl. The van der Waals surface area contributed by atoms with Crippen LogP contribution in [-0.4, -0.2) is 39.8 Å². The summed E-state index contributed by atoms with van der Waals surface area (Å²) in [6.45, 7) is 5.44. The molecule has 0 aliphatic heterocycles. The predicted octanol–water partition coefficient (Wildman–Crippen LogP) is 3.08. The van der Waals surface area contributed by atoms with Gasteiger partial charge in [-0.3, -0.25) is 4.79 Å². The fourth-order valence-electron chi connectivity index (χ4n) is 2.68. The van der Waals surface area contributed by atoms with E-state index in [1.807, 2.05) is 74.5 Å². The number of para-hydroxylation sites is 1. The number of carbonyl (C=O) groups excluding carboxylic acids is 1. The molecule has 0 saturated carbocycles. The lowest BCUT2D eigenvalue weighted by molar-refractivity contribution is 0.0940. The molecular formula is C20H24ClN5O. The van der Waals surface area contributed by atoms with E-state index in [9.17, 15) is 4.79 Å². The van der Waals surface area contributed by atoms with Gasteiger partial charge in [-0.25, -0.2) is 9.67 Å². The van der Waals surface area contributed by atoms with Gasteiger partial charge < -0.3 is 10.6 Å². The first-order valence-corrected chi connectivity index (χ1v) is 8.78. The van der Waals surface area contributed by atoms with Gasteiger partial charge in [-0.1, -0.05) is 55.5 Å². The number of rotatable bonds is 7. The Labute approximate surface area is 165 Å². The molecular weight excluding hydrogens is 362 g/mol. The molecule has 3 aromatic rings. The van der Waals surface area contributed by atoms with Crippen molar-refractivity contribution in [3.8, 4) is 17.1 Å². The highest BCUT2D eigenvalue weighted by Crippen LogP contribution is 2.20. The maximum absolute atomic E-state index is 12.5. The van der Waals surface area contributed by atoms with Crippen molar-refractivity contribution in [2.75, 3.05) is 13.1 Å². The van der Waals surface area contributed by atoms with Crippen molar-refractivity contribution in [1.82, 2.24) is 25.4 Å². The highest BCUT2D eigenvalue weighted by atomic mass is 35.5. The van der Waals surface area contributed by atoms with Crippen LogP contribution in [0.25, 0.3) is 17.1 Å². The third kappa shape index (κ3) is 5.15. The lowest BCUT2D eigenvalue weighted by Crippen LogP contribution is -2.39. The van der Waals surface area contributed by atoms with Crippen LogP contribution < -0.4 is 10.6 Å². The molecule has 7 heteroatoms. The molecule has 6 nitrogen and oxygen atoms in total. The summed E-state index contributed by atoms with van der Waals surface area (Å²) in [5, 5.41) is 10.6. The molecule has 27 heavy (non-hydrogen) atoms. The van der Waals surface area contributed by atoms with Crippen LogP contribution in [-0.2, 0) is 0 Å². The van der Waals surface area contributed by atoms with Crippen molar-refractivity contribution in [3.63, 3.8) is 0 Å². The van der Waals surface area contributed by atoms with E-state index in [-0.39, 0.29) is 30.2 Å². The summed E-state index contributed by atoms with van der Waals surface area (Å²) in [5.41, 5.74) is 1.77. The predicted molar refractivity (Wildman–Crippen MR) is 110 cm³/mol. The molecule has 1 aromatic heterocycles. The van der Waals surface area contributed by atoms with Crippen LogP contribution in [0.5, 0.6) is 0 Å². The normalized spacial score (nSPS) is 11.5. The van der Waals surface area contributed by atoms with Crippen LogP contribution in [0.15, 0.2) is 60.7 Å². The molecule has 1 amide bonds. The highest BCUT2D eigenvalue weighted by molar-refractivity contribution is 5.91. The van der Waals surface area contributed by atoms with Gasteiger partial charge in [-0.2, -0.15) is 0 Å². The summed E-state index contributed by atoms with van der Waals surface area (Å²) < 4.78 is 1.71. The molecule has 0 spiro atoms. The molecule has 2 aromatic carbocycles. The number of likely N-dealkylation sites (N-methyl/N-ethyl adjacent to an activating group) is 1. The number of aromatic nitrogens is 3. The molecule has 142 valence electrons. The molecule has 0 saturated heterocycles. The van der Waals surface area contributed by atoms with Crippen LogP contribution in [0.1, 0.15) is 24.5 Å². The molecule has 1 heterocycles. The molecule has 1 atom stereocenters. The number of amides is 1. The van der Waals surface area contributed by atoms with Crippen LogP contribution in [0.2, 0.25) is 0 Å². The molecule has 0 radical (unpaired) electrons. The molecule has 0 fully saturated rings. The van der Waals surface area contributed by atoms with E-state index in [2.05, 4.69) is 20.7 Å². The summed E-state index contributed by atoms with van der Waals surface area (Å²) in [4.78, 5) is 17.0. The van der Waals surface area contributed by atoms with Gasteiger partial charge in [0.05, 0.1) is 5.69 Å². The van der Waals surface area contributed by atoms with Crippen LogP contribution in [0, 0.1) is 0 Å². The topological polar surface area (TPSA) is 71.8 Å². The van der Waals surface area contributed by atoms with Crippen LogP contribution in [0.3, 0.4) is 0 Å². The minimum atomic E-state index is -0.276. The van der Waals surface area contributed by atoms with Crippen molar-refractivity contribution in [2.24, 2.45) is 0 Å². The van der Waals surface area contributed by atoms with Gasteiger partial charge in [-0.05, 0) is 25.6 Å². The Bertz CT molecular complexity index is 794. The molecule has 0 aliphatic rings. The zero-order valence-corrected chi connectivity index (χ0v) is 16.2. The molecule has 2 N–H and O–H groups in total. The average Bonchev–Trinajstić information content (AvgIpc) is 3.13. The summed E-state index contributed by atoms with van der Waals surface area (Å²) in [6.07, 6.45) is 0. The van der Waals surface area contributed by atoms with Gasteiger partial charge in [0, 0.05) is 18.2 Å². The van der Waals surface area contributed by atoms with Gasteiger partial charge >= 0.3 is 0 Å². The molecule has 0 unspecified atom stereocenters. The number of hydrogen-bond acceptors (Lipinski definition) is 4. The van der Waals surface area contributed by atoms with Gasteiger partial charge in [0.1, 0.15) is 0 Å². The molecule has 0 aliphatic carbocycles. The standard InChI is InChI=1S/C20H23N5O.ClH/c1-3-21-15(2)14-22-20(26)18-23-19(16-10-6-4-7-11-16)25(24-18)17-12-8-5-9-13-17;/h4-13,15,21H,3,14H2,1-2H3,(H,22,26);1H/t15-;/m1./s1. The van der Waals surface area contributed by atoms with Crippen LogP contribution in [0.4, 0.5) is 0 Å². The third-order valence-electron chi connectivity index (χ3n) is 3.96. The largest absolute Gasteiger partial charge is 0.348 e. The van der Waals surface area contributed by atoms with E-state index in [4.69, 9.17) is 0 Å². The zero-order chi connectivity index (χ0) is 18.4. The molecule has 0 bridgehead atoms. The molecule has 3 rings (SSSR count). The average molecular weight is 386 g/mol. The Morgan fingerprint density at radius 1 is 1.07 bits per heavy atom. The second-order valence-corrected chi connectivity index (χ2v) is 6.04. The summed E-state index contributed by atoms with van der Waals surface area (Å²) in [7, 11) is 0. The Morgan fingerprint density at radius 2 is 1.70 bits per heavy atom. The number of hydrogen-bond donors (Lipinski definition) is 2. The minimum absolute atomic E-state index is 0. The maximum Gasteiger partial charge on any atom is 0.291 e. The quantitative estimate of drug-likeness (QED) is 0.655. The Hall–Kier alpha value is -2.70. The van der Waals surface area contributed by atoms with Crippen molar-refractivity contribution in [1.29, 1.82) is 0 Å². The van der Waals surface area contributed by atoms with E-state index < -0.39 is 0 Å². The monoisotopic (exact) mass is 385 g/mol. The van der Waals surface area contributed by atoms with Gasteiger partial charge in [-0.15, -0.1) is 17.5 Å². The summed E-state index contributed by atoms with van der Waals surface area (Å²) >= 11 is 0. The number of halogens is 1. The fraction of sp³-hybridized carbons (Fsp3) is 0.250. The smallest absolute Gasteiger partial charge is 0.291 e. The van der Waals surface area contributed by atoms with Crippen LogP contribution >= 0.6 is 12.4 Å². The Kier molecular flexibility index (Phi) is 7.52. The van der Waals surface area contributed by atoms with Gasteiger partial charge in [0.15, 0.2) is 5.82 Å². The van der Waals surface area contributed by atoms with Crippen molar-refractivity contribution >= 4 is 18.3 Å². The lowest BCUT2D eigenvalue weighted by Gasteiger charge is -2.11. The van der Waals surface area contributed by atoms with Crippen molar-refractivity contribution < 1.29 is 4.79 Å². The van der Waals surface area contributed by atoms with Gasteiger partial charge in [0.2, 0.25) is 5.82 Å². The first-order valence-electron chi connectivity index (χ1n) is 8.78. The van der Waals surface area contributed by atoms with Crippen molar-refractivity contribution in [2.45, 2.75) is 19.9 Å². The lowest BCUT2D eigenvalue weighted by atomic mass is 10.2. The number of nitrogens with zero attached hydrogens (tertiary/aromatic N) is 3.